The SMILES string of the molecule is CCN(CC)CCNC(=O)c1c(C)[nH]c(/C=C2\C(=O)Nc3ccc(NC(=O)CCC(=O)O)cc32)c1C. The molecule has 1 aromatic heterocycles. The van der Waals surface area contributed by atoms with Crippen LogP contribution in [-0.4, -0.2) is 64.9 Å². The van der Waals surface area contributed by atoms with Crippen LogP contribution in [0.4, 0.5) is 11.4 Å². The van der Waals surface area contributed by atoms with E-state index in [0.29, 0.717) is 46.0 Å². The van der Waals surface area contributed by atoms with Gasteiger partial charge in [-0.2, -0.15) is 0 Å². The van der Waals surface area contributed by atoms with Crippen molar-refractivity contribution >= 4 is 46.7 Å². The summed E-state index contributed by atoms with van der Waals surface area (Å²) in [6.07, 6.45) is 1.29. The molecule has 0 fully saturated rings. The number of likely N-dealkylation sites (N-methyl/N-ethyl adjacent to an activating group) is 1. The van der Waals surface area contributed by atoms with Gasteiger partial charge in [0.15, 0.2) is 0 Å². The van der Waals surface area contributed by atoms with Gasteiger partial charge in [-0.05, 0) is 56.8 Å². The number of rotatable bonds is 11. The second kappa shape index (κ2) is 11.7. The number of carboxylic acids is 1. The molecule has 0 bridgehead atoms. The summed E-state index contributed by atoms with van der Waals surface area (Å²) in [6, 6.07) is 5.00. The molecule has 2 heterocycles. The number of anilines is 2. The molecule has 0 spiro atoms. The summed E-state index contributed by atoms with van der Waals surface area (Å²) in [5, 5.41) is 17.2. The van der Waals surface area contributed by atoms with Gasteiger partial charge in [0.1, 0.15) is 0 Å². The van der Waals surface area contributed by atoms with Crippen LogP contribution in [0.3, 0.4) is 0 Å². The van der Waals surface area contributed by atoms with Crippen LogP contribution in [0.25, 0.3) is 11.6 Å². The van der Waals surface area contributed by atoms with E-state index in [1.165, 1.54) is 0 Å². The van der Waals surface area contributed by atoms with Gasteiger partial charge in [0.05, 0.1) is 17.6 Å². The average Bonchev–Trinajstić information content (AvgIpc) is 3.29. The fraction of sp³-hybridized carbons (Fsp3) is 0.385. The molecule has 36 heavy (non-hydrogen) atoms. The first-order valence-corrected chi connectivity index (χ1v) is 12.0. The molecule has 0 radical (unpaired) electrons. The summed E-state index contributed by atoms with van der Waals surface area (Å²) < 4.78 is 0. The molecule has 1 aromatic carbocycles. The van der Waals surface area contributed by atoms with Crippen molar-refractivity contribution < 1.29 is 24.3 Å². The number of aromatic amines is 1. The van der Waals surface area contributed by atoms with Crippen LogP contribution in [0, 0.1) is 13.8 Å². The lowest BCUT2D eigenvalue weighted by molar-refractivity contribution is -0.138. The lowest BCUT2D eigenvalue weighted by atomic mass is 10.0. The molecule has 2 aromatic rings. The first kappa shape index (κ1) is 26.7. The van der Waals surface area contributed by atoms with Crippen molar-refractivity contribution in [1.82, 2.24) is 15.2 Å². The third-order valence-corrected chi connectivity index (χ3v) is 6.25. The van der Waals surface area contributed by atoms with Crippen molar-refractivity contribution in [3.05, 3.63) is 46.3 Å². The Morgan fingerprint density at radius 1 is 1.11 bits per heavy atom. The maximum Gasteiger partial charge on any atom is 0.303 e. The van der Waals surface area contributed by atoms with Crippen molar-refractivity contribution in [1.29, 1.82) is 0 Å². The predicted molar refractivity (Wildman–Crippen MR) is 139 cm³/mol. The number of hydrogen-bond donors (Lipinski definition) is 5. The van der Waals surface area contributed by atoms with Crippen molar-refractivity contribution in [2.45, 2.75) is 40.5 Å². The highest BCUT2D eigenvalue weighted by Gasteiger charge is 2.26. The first-order valence-electron chi connectivity index (χ1n) is 12.0. The highest BCUT2D eigenvalue weighted by Crippen LogP contribution is 2.36. The number of aliphatic carboxylic acids is 1. The van der Waals surface area contributed by atoms with Crippen molar-refractivity contribution in [2.75, 3.05) is 36.8 Å². The van der Waals surface area contributed by atoms with Gasteiger partial charge in [-0.1, -0.05) is 13.8 Å². The molecule has 0 unspecified atom stereocenters. The number of H-pyrrole nitrogens is 1. The van der Waals surface area contributed by atoms with E-state index in [1.54, 1.807) is 24.3 Å². The average molecular weight is 496 g/mol. The molecule has 0 atom stereocenters. The molecule has 3 rings (SSSR count). The standard InChI is InChI=1S/C26H33N5O5/c1-5-31(6-2)12-11-27-26(36)24-15(3)21(28-16(24)4)14-19-18-13-17(7-8-20(18)30-25(19)35)29-22(32)9-10-23(33)34/h7-8,13-14,28H,5-6,9-12H2,1-4H3,(H,27,36)(H,29,32)(H,30,35)(H,33,34)/b19-14-. The molecule has 1 aliphatic rings. The lowest BCUT2D eigenvalue weighted by Crippen LogP contribution is -2.35. The third kappa shape index (κ3) is 6.19. The molecule has 0 saturated heterocycles. The Morgan fingerprint density at radius 2 is 1.83 bits per heavy atom. The maximum absolute atomic E-state index is 12.9. The zero-order chi connectivity index (χ0) is 26.4. The number of carbonyl (C=O) groups is 4. The van der Waals surface area contributed by atoms with Crippen LogP contribution in [0.1, 0.15) is 59.6 Å². The quantitative estimate of drug-likeness (QED) is 0.303. The Morgan fingerprint density at radius 3 is 2.50 bits per heavy atom. The van der Waals surface area contributed by atoms with Gasteiger partial charge in [0, 0.05) is 47.8 Å². The topological polar surface area (TPSA) is 144 Å². The van der Waals surface area contributed by atoms with E-state index in [4.69, 9.17) is 5.11 Å². The van der Waals surface area contributed by atoms with E-state index in [9.17, 15) is 19.2 Å². The van der Waals surface area contributed by atoms with Gasteiger partial charge >= 0.3 is 5.97 Å². The summed E-state index contributed by atoms with van der Waals surface area (Å²) in [5.74, 6) is -1.93. The fourth-order valence-corrected chi connectivity index (χ4v) is 4.21. The van der Waals surface area contributed by atoms with E-state index in [0.717, 1.165) is 25.2 Å². The molecule has 10 heteroatoms. The largest absolute Gasteiger partial charge is 0.481 e. The van der Waals surface area contributed by atoms with E-state index >= 15 is 0 Å². The monoisotopic (exact) mass is 495 g/mol. The molecule has 192 valence electrons. The molecule has 3 amide bonds. The Bertz CT molecular complexity index is 1210. The second-order valence-corrected chi connectivity index (χ2v) is 8.66. The normalized spacial score (nSPS) is 13.6. The van der Waals surface area contributed by atoms with Crippen LogP contribution in [0.2, 0.25) is 0 Å². The van der Waals surface area contributed by atoms with E-state index in [2.05, 4.69) is 39.7 Å². The summed E-state index contributed by atoms with van der Waals surface area (Å²) in [5.41, 5.74) is 4.70. The number of benzene rings is 1. The maximum atomic E-state index is 12.9. The first-order chi connectivity index (χ1) is 17.1. The van der Waals surface area contributed by atoms with Gasteiger partial charge in [0.25, 0.3) is 11.8 Å². The Hall–Kier alpha value is -3.92. The molecular formula is C26H33N5O5. The van der Waals surface area contributed by atoms with Gasteiger partial charge in [0.2, 0.25) is 5.91 Å². The summed E-state index contributed by atoms with van der Waals surface area (Å²) in [4.78, 5) is 53.8. The number of hydrogen-bond acceptors (Lipinski definition) is 5. The third-order valence-electron chi connectivity index (χ3n) is 6.25. The van der Waals surface area contributed by atoms with Gasteiger partial charge in [-0.3, -0.25) is 19.2 Å². The number of aryl methyl sites for hydroxylation is 1. The molecule has 0 saturated carbocycles. The van der Waals surface area contributed by atoms with Crippen LogP contribution in [-0.2, 0) is 14.4 Å². The van der Waals surface area contributed by atoms with Gasteiger partial charge in [-0.15, -0.1) is 0 Å². The Balaban J connectivity index is 1.81. The number of nitrogens with one attached hydrogen (secondary N) is 4. The predicted octanol–water partition coefficient (Wildman–Crippen LogP) is 3.00. The molecule has 10 nitrogen and oxygen atoms in total. The minimum Gasteiger partial charge on any atom is -0.481 e. The van der Waals surface area contributed by atoms with Crippen LogP contribution >= 0.6 is 0 Å². The zero-order valence-corrected chi connectivity index (χ0v) is 21.1. The van der Waals surface area contributed by atoms with Gasteiger partial charge < -0.3 is 30.9 Å². The van der Waals surface area contributed by atoms with Crippen molar-refractivity contribution in [3.8, 4) is 0 Å². The number of carboxylic acid groups (broad SMARTS) is 1. The summed E-state index contributed by atoms with van der Waals surface area (Å²) >= 11 is 0. The van der Waals surface area contributed by atoms with Crippen LogP contribution < -0.4 is 16.0 Å². The van der Waals surface area contributed by atoms with Gasteiger partial charge in [-0.25, -0.2) is 0 Å². The second-order valence-electron chi connectivity index (χ2n) is 8.66. The van der Waals surface area contributed by atoms with Crippen molar-refractivity contribution in [3.63, 3.8) is 0 Å². The molecular weight excluding hydrogens is 462 g/mol. The number of carbonyl (C=O) groups excluding carboxylic acids is 3. The van der Waals surface area contributed by atoms with Crippen LogP contribution in [0.5, 0.6) is 0 Å². The summed E-state index contributed by atoms with van der Waals surface area (Å²) in [7, 11) is 0. The fourth-order valence-electron chi connectivity index (χ4n) is 4.21. The zero-order valence-electron chi connectivity index (χ0n) is 21.1. The number of aromatic nitrogens is 1. The smallest absolute Gasteiger partial charge is 0.303 e. The molecule has 5 N–H and O–H groups in total. The lowest BCUT2D eigenvalue weighted by Gasteiger charge is -2.18. The van der Waals surface area contributed by atoms with E-state index < -0.39 is 11.9 Å². The number of fused-ring (bicyclic) bond motifs is 1. The number of nitrogens with zero attached hydrogens (tertiary/aromatic N) is 1. The minimum atomic E-state index is -1.05. The van der Waals surface area contributed by atoms with E-state index in [1.807, 2.05) is 13.8 Å². The van der Waals surface area contributed by atoms with E-state index in [-0.39, 0.29) is 24.7 Å². The number of amides is 3. The summed E-state index contributed by atoms with van der Waals surface area (Å²) in [6.45, 7) is 11.0. The molecule has 1 aliphatic heterocycles. The highest BCUT2D eigenvalue weighted by atomic mass is 16.4. The van der Waals surface area contributed by atoms with Crippen molar-refractivity contribution in [2.24, 2.45) is 0 Å². The Kier molecular flexibility index (Phi) is 8.65. The molecule has 0 aliphatic carbocycles. The highest BCUT2D eigenvalue weighted by molar-refractivity contribution is 6.35. The Labute approximate surface area is 210 Å². The minimum absolute atomic E-state index is 0.146. The van der Waals surface area contributed by atoms with Crippen LogP contribution in [0.15, 0.2) is 18.2 Å².